The van der Waals surface area contributed by atoms with Gasteiger partial charge in [-0.05, 0) is 50.2 Å². The van der Waals surface area contributed by atoms with E-state index in [2.05, 4.69) is 5.32 Å². The van der Waals surface area contributed by atoms with Crippen molar-refractivity contribution in [3.05, 3.63) is 54.1 Å². The average molecular weight is 333 g/mol. The lowest BCUT2D eigenvalue weighted by atomic mass is 10.2. The van der Waals surface area contributed by atoms with E-state index >= 15 is 0 Å². The molecule has 0 radical (unpaired) electrons. The highest BCUT2D eigenvalue weighted by atomic mass is 32.2. The smallest absolute Gasteiger partial charge is 0.265 e. The molecule has 0 spiro atoms. The minimum absolute atomic E-state index is 0.208. The van der Waals surface area contributed by atoms with Gasteiger partial charge in [-0.3, -0.25) is 4.79 Å². The van der Waals surface area contributed by atoms with Crippen LogP contribution in [0.25, 0.3) is 0 Å². The molecule has 0 saturated heterocycles. The number of ether oxygens (including phenoxy) is 1. The van der Waals surface area contributed by atoms with Crippen molar-refractivity contribution in [3.63, 3.8) is 0 Å². The third kappa shape index (κ3) is 4.82. The number of anilines is 1. The van der Waals surface area contributed by atoms with E-state index in [1.807, 2.05) is 19.1 Å². The first-order valence-corrected chi connectivity index (χ1v) is 8.99. The number of amides is 1. The molecule has 1 atom stereocenters. The average Bonchev–Trinajstić information content (AvgIpc) is 2.49. The van der Waals surface area contributed by atoms with Gasteiger partial charge in [0, 0.05) is 11.9 Å². The molecule has 0 unspecified atom stereocenters. The number of aryl methyl sites for hydroxylation is 1. The molecule has 0 heterocycles. The van der Waals surface area contributed by atoms with Crippen LogP contribution in [0.1, 0.15) is 12.5 Å². The van der Waals surface area contributed by atoms with Crippen LogP contribution in [-0.2, 0) is 14.6 Å². The standard InChI is InChI=1S/C17H19NO4S/c1-12-4-8-15(9-5-12)22-13(2)17(19)18-14-6-10-16(11-7-14)23(3,20)21/h4-11,13H,1-3H3,(H,18,19)/t13-/m1/s1. The maximum atomic E-state index is 12.1. The summed E-state index contributed by atoms with van der Waals surface area (Å²) in [6.07, 6.45) is 0.463. The fourth-order valence-corrected chi connectivity index (χ4v) is 2.53. The second-order valence-corrected chi connectivity index (χ2v) is 7.37. The molecule has 1 amide bonds. The molecule has 0 bridgehead atoms. The summed E-state index contributed by atoms with van der Waals surface area (Å²) in [5.41, 5.74) is 1.63. The van der Waals surface area contributed by atoms with Gasteiger partial charge in [0.15, 0.2) is 15.9 Å². The van der Waals surface area contributed by atoms with Gasteiger partial charge in [0.25, 0.3) is 5.91 Å². The molecular weight excluding hydrogens is 314 g/mol. The molecule has 1 N–H and O–H groups in total. The van der Waals surface area contributed by atoms with E-state index in [0.29, 0.717) is 11.4 Å². The summed E-state index contributed by atoms with van der Waals surface area (Å²) in [6, 6.07) is 13.4. The fraction of sp³-hybridized carbons (Fsp3) is 0.235. The Kier molecular flexibility index (Phi) is 5.05. The zero-order chi connectivity index (χ0) is 17.0. The van der Waals surface area contributed by atoms with Crippen molar-refractivity contribution < 1.29 is 17.9 Å². The summed E-state index contributed by atoms with van der Waals surface area (Å²) in [6.45, 7) is 3.63. The number of hydrogen-bond donors (Lipinski definition) is 1. The van der Waals surface area contributed by atoms with Gasteiger partial charge in [-0.25, -0.2) is 8.42 Å². The SMILES string of the molecule is Cc1ccc(O[C@H](C)C(=O)Nc2ccc(S(C)(=O)=O)cc2)cc1. The zero-order valence-corrected chi connectivity index (χ0v) is 14.1. The predicted octanol–water partition coefficient (Wildman–Crippen LogP) is 2.80. The van der Waals surface area contributed by atoms with Gasteiger partial charge in [-0.2, -0.15) is 0 Å². The highest BCUT2D eigenvalue weighted by Crippen LogP contribution is 2.16. The first-order valence-electron chi connectivity index (χ1n) is 7.10. The number of hydrogen-bond acceptors (Lipinski definition) is 4. The molecule has 6 heteroatoms. The van der Waals surface area contributed by atoms with E-state index < -0.39 is 15.9 Å². The maximum absolute atomic E-state index is 12.1. The van der Waals surface area contributed by atoms with Gasteiger partial charge in [0.1, 0.15) is 5.75 Å². The third-order valence-electron chi connectivity index (χ3n) is 3.25. The molecule has 2 rings (SSSR count). The molecule has 0 aliphatic rings. The molecule has 5 nitrogen and oxygen atoms in total. The number of sulfone groups is 1. The number of carbonyl (C=O) groups is 1. The Hall–Kier alpha value is -2.34. The minimum atomic E-state index is -3.25. The van der Waals surface area contributed by atoms with Crippen LogP contribution in [-0.4, -0.2) is 26.7 Å². The van der Waals surface area contributed by atoms with E-state index in [1.165, 1.54) is 12.1 Å². The zero-order valence-electron chi connectivity index (χ0n) is 13.2. The van der Waals surface area contributed by atoms with Crippen molar-refractivity contribution in [2.24, 2.45) is 0 Å². The molecule has 2 aromatic rings. The third-order valence-corrected chi connectivity index (χ3v) is 4.38. The molecule has 0 aliphatic carbocycles. The van der Waals surface area contributed by atoms with E-state index in [1.54, 1.807) is 31.2 Å². The lowest BCUT2D eigenvalue weighted by Crippen LogP contribution is -2.30. The Bertz CT molecular complexity index is 780. The van der Waals surface area contributed by atoms with Gasteiger partial charge in [0.2, 0.25) is 0 Å². The van der Waals surface area contributed by atoms with Crippen molar-refractivity contribution >= 4 is 21.4 Å². The minimum Gasteiger partial charge on any atom is -0.481 e. The molecule has 2 aromatic carbocycles. The molecule has 0 aliphatic heterocycles. The summed E-state index contributed by atoms with van der Waals surface area (Å²) < 4.78 is 28.4. The quantitative estimate of drug-likeness (QED) is 0.913. The van der Waals surface area contributed by atoms with Gasteiger partial charge in [-0.15, -0.1) is 0 Å². The monoisotopic (exact) mass is 333 g/mol. The van der Waals surface area contributed by atoms with Gasteiger partial charge < -0.3 is 10.1 Å². The van der Waals surface area contributed by atoms with Crippen molar-refractivity contribution in [1.29, 1.82) is 0 Å². The Morgan fingerprint density at radius 1 is 1.04 bits per heavy atom. The first kappa shape index (κ1) is 17.0. The maximum Gasteiger partial charge on any atom is 0.265 e. The Labute approximate surface area is 136 Å². The van der Waals surface area contributed by atoms with E-state index in [-0.39, 0.29) is 10.8 Å². The van der Waals surface area contributed by atoms with E-state index in [4.69, 9.17) is 4.74 Å². The van der Waals surface area contributed by atoms with Crippen LogP contribution in [0.3, 0.4) is 0 Å². The van der Waals surface area contributed by atoms with E-state index in [9.17, 15) is 13.2 Å². The summed E-state index contributed by atoms with van der Waals surface area (Å²) in [5, 5.41) is 2.69. The van der Waals surface area contributed by atoms with Crippen molar-refractivity contribution in [2.45, 2.75) is 24.8 Å². The van der Waals surface area contributed by atoms with Crippen LogP contribution in [0.15, 0.2) is 53.4 Å². The van der Waals surface area contributed by atoms with Crippen LogP contribution < -0.4 is 10.1 Å². The molecule has 0 fully saturated rings. The van der Waals surface area contributed by atoms with E-state index in [0.717, 1.165) is 11.8 Å². The molecule has 122 valence electrons. The van der Waals surface area contributed by atoms with Crippen LogP contribution in [0.5, 0.6) is 5.75 Å². The largest absolute Gasteiger partial charge is 0.481 e. The Morgan fingerprint density at radius 2 is 1.61 bits per heavy atom. The predicted molar refractivity (Wildman–Crippen MR) is 89.5 cm³/mol. The van der Waals surface area contributed by atoms with Crippen LogP contribution in [0, 0.1) is 6.92 Å². The summed E-state index contributed by atoms with van der Waals surface area (Å²) >= 11 is 0. The lowest BCUT2D eigenvalue weighted by Gasteiger charge is -2.15. The number of benzene rings is 2. The molecule has 23 heavy (non-hydrogen) atoms. The molecule has 0 saturated carbocycles. The second kappa shape index (κ2) is 6.83. The Morgan fingerprint density at radius 3 is 2.13 bits per heavy atom. The number of carbonyl (C=O) groups excluding carboxylic acids is 1. The summed E-state index contributed by atoms with van der Waals surface area (Å²) in [7, 11) is -3.25. The van der Waals surface area contributed by atoms with Crippen LogP contribution >= 0.6 is 0 Å². The normalized spacial score (nSPS) is 12.5. The van der Waals surface area contributed by atoms with Gasteiger partial charge in [0.05, 0.1) is 4.90 Å². The topological polar surface area (TPSA) is 72.5 Å². The summed E-state index contributed by atoms with van der Waals surface area (Å²) in [5.74, 6) is 0.309. The number of nitrogens with one attached hydrogen (secondary N) is 1. The fourth-order valence-electron chi connectivity index (χ4n) is 1.90. The van der Waals surface area contributed by atoms with Crippen LogP contribution in [0.2, 0.25) is 0 Å². The highest BCUT2D eigenvalue weighted by molar-refractivity contribution is 7.90. The highest BCUT2D eigenvalue weighted by Gasteiger charge is 2.15. The van der Waals surface area contributed by atoms with Crippen molar-refractivity contribution in [1.82, 2.24) is 0 Å². The number of rotatable bonds is 5. The lowest BCUT2D eigenvalue weighted by molar-refractivity contribution is -0.122. The summed E-state index contributed by atoms with van der Waals surface area (Å²) in [4.78, 5) is 12.3. The van der Waals surface area contributed by atoms with Crippen LogP contribution in [0.4, 0.5) is 5.69 Å². The second-order valence-electron chi connectivity index (χ2n) is 5.36. The first-order chi connectivity index (χ1) is 10.8. The van der Waals surface area contributed by atoms with Gasteiger partial charge >= 0.3 is 0 Å². The molecular formula is C17H19NO4S. The van der Waals surface area contributed by atoms with Gasteiger partial charge in [-0.1, -0.05) is 17.7 Å². The van der Waals surface area contributed by atoms with Crippen molar-refractivity contribution in [2.75, 3.05) is 11.6 Å². The Balaban J connectivity index is 1.99. The molecule has 0 aromatic heterocycles. The van der Waals surface area contributed by atoms with Crippen molar-refractivity contribution in [3.8, 4) is 5.75 Å².